The zero-order valence-corrected chi connectivity index (χ0v) is 9.95. The Morgan fingerprint density at radius 1 is 1.62 bits per heavy atom. The molecule has 5 heteroatoms. The lowest BCUT2D eigenvalue weighted by Gasteiger charge is -2.26. The van der Waals surface area contributed by atoms with E-state index in [1.54, 1.807) is 0 Å². The number of hydrogen-bond donors (Lipinski definition) is 2. The second-order valence-corrected chi connectivity index (χ2v) is 4.35. The Bertz CT molecular complexity index is 205. The van der Waals surface area contributed by atoms with E-state index in [-0.39, 0.29) is 12.5 Å². The van der Waals surface area contributed by atoms with E-state index in [4.69, 9.17) is 9.84 Å². The maximum absolute atomic E-state index is 11.4. The molecule has 0 aromatic rings. The van der Waals surface area contributed by atoms with Crippen LogP contribution >= 0.6 is 0 Å². The number of carbonyl (C=O) groups excluding carboxylic acids is 1. The van der Waals surface area contributed by atoms with Gasteiger partial charge >= 0.3 is 0 Å². The van der Waals surface area contributed by atoms with Gasteiger partial charge < -0.3 is 15.2 Å². The van der Waals surface area contributed by atoms with Crippen LogP contribution in [0.5, 0.6) is 0 Å². The fourth-order valence-corrected chi connectivity index (χ4v) is 1.95. The van der Waals surface area contributed by atoms with Gasteiger partial charge in [-0.25, -0.2) is 0 Å². The van der Waals surface area contributed by atoms with Crippen molar-refractivity contribution in [3.8, 4) is 0 Å². The summed E-state index contributed by atoms with van der Waals surface area (Å²) in [5.74, 6) is 0.512. The molecule has 1 atom stereocenters. The van der Waals surface area contributed by atoms with Crippen LogP contribution in [0.1, 0.15) is 12.8 Å². The molecule has 1 aliphatic rings. The van der Waals surface area contributed by atoms with Gasteiger partial charge in [0.1, 0.15) is 0 Å². The third-order valence-corrected chi connectivity index (χ3v) is 2.67. The van der Waals surface area contributed by atoms with Gasteiger partial charge in [-0.15, -0.1) is 0 Å². The van der Waals surface area contributed by atoms with Crippen molar-refractivity contribution in [1.29, 1.82) is 0 Å². The SMILES string of the molecule is CN(CC(=O)NCCO)CC1CCCOC1. The molecule has 5 nitrogen and oxygen atoms in total. The lowest BCUT2D eigenvalue weighted by atomic mass is 10.0. The standard InChI is InChI=1S/C11H22N2O3/c1-13(8-11(15)12-4-5-14)7-10-3-2-6-16-9-10/h10,14H,2-9H2,1H3,(H,12,15). The molecule has 0 radical (unpaired) electrons. The lowest BCUT2D eigenvalue weighted by Crippen LogP contribution is -2.39. The van der Waals surface area contributed by atoms with Gasteiger partial charge in [0.25, 0.3) is 0 Å². The minimum Gasteiger partial charge on any atom is -0.395 e. The van der Waals surface area contributed by atoms with Crippen LogP contribution in [-0.2, 0) is 9.53 Å². The smallest absolute Gasteiger partial charge is 0.234 e. The number of nitrogens with zero attached hydrogens (tertiary/aromatic N) is 1. The predicted octanol–water partition coefficient (Wildman–Crippen LogP) is -0.547. The molecule has 16 heavy (non-hydrogen) atoms. The third kappa shape index (κ3) is 5.44. The average Bonchev–Trinajstić information content (AvgIpc) is 2.27. The van der Waals surface area contributed by atoms with Gasteiger partial charge in [-0.3, -0.25) is 9.69 Å². The highest BCUT2D eigenvalue weighted by atomic mass is 16.5. The van der Waals surface area contributed by atoms with Crippen molar-refractivity contribution in [2.45, 2.75) is 12.8 Å². The van der Waals surface area contributed by atoms with Crippen LogP contribution < -0.4 is 5.32 Å². The molecule has 1 rings (SSSR count). The molecule has 94 valence electrons. The number of nitrogens with one attached hydrogen (secondary N) is 1. The largest absolute Gasteiger partial charge is 0.395 e. The van der Waals surface area contributed by atoms with Gasteiger partial charge in [-0.2, -0.15) is 0 Å². The van der Waals surface area contributed by atoms with Gasteiger partial charge in [0.2, 0.25) is 5.91 Å². The molecule has 1 heterocycles. The molecule has 1 fully saturated rings. The number of ether oxygens (including phenoxy) is 1. The van der Waals surface area contributed by atoms with Crippen LogP contribution in [0, 0.1) is 5.92 Å². The van der Waals surface area contributed by atoms with Gasteiger partial charge in [-0.1, -0.05) is 0 Å². The van der Waals surface area contributed by atoms with Crippen molar-refractivity contribution in [3.05, 3.63) is 0 Å². The molecule has 0 aromatic heterocycles. The van der Waals surface area contributed by atoms with Crippen LogP contribution in [-0.4, -0.2) is 62.4 Å². The van der Waals surface area contributed by atoms with Gasteiger partial charge in [-0.05, 0) is 25.8 Å². The average molecular weight is 230 g/mol. The Morgan fingerprint density at radius 3 is 3.06 bits per heavy atom. The first-order valence-electron chi connectivity index (χ1n) is 5.86. The van der Waals surface area contributed by atoms with E-state index in [9.17, 15) is 4.79 Å². The maximum Gasteiger partial charge on any atom is 0.234 e. The van der Waals surface area contributed by atoms with Crippen molar-refractivity contribution < 1.29 is 14.6 Å². The third-order valence-electron chi connectivity index (χ3n) is 2.67. The fraction of sp³-hybridized carbons (Fsp3) is 0.909. The summed E-state index contributed by atoms with van der Waals surface area (Å²) in [6.45, 7) is 3.29. The maximum atomic E-state index is 11.4. The minimum atomic E-state index is -0.0340. The Kier molecular flexibility index (Phi) is 6.37. The fourth-order valence-electron chi connectivity index (χ4n) is 1.95. The molecule has 0 spiro atoms. The van der Waals surface area contributed by atoms with Crippen molar-refractivity contribution in [1.82, 2.24) is 10.2 Å². The molecule has 0 bridgehead atoms. The monoisotopic (exact) mass is 230 g/mol. The highest BCUT2D eigenvalue weighted by Gasteiger charge is 2.16. The Balaban J connectivity index is 2.13. The van der Waals surface area contributed by atoms with Gasteiger partial charge in [0.15, 0.2) is 0 Å². The Hall–Kier alpha value is -0.650. The van der Waals surface area contributed by atoms with Crippen molar-refractivity contribution in [2.24, 2.45) is 5.92 Å². The molecular weight excluding hydrogens is 208 g/mol. The van der Waals surface area contributed by atoms with Crippen LogP contribution in [0.15, 0.2) is 0 Å². The number of likely N-dealkylation sites (N-methyl/N-ethyl adjacent to an activating group) is 1. The molecule has 1 amide bonds. The molecule has 0 aromatic carbocycles. The number of hydrogen-bond acceptors (Lipinski definition) is 4. The molecule has 2 N–H and O–H groups in total. The van der Waals surface area contributed by atoms with Crippen LogP contribution in [0.2, 0.25) is 0 Å². The zero-order valence-electron chi connectivity index (χ0n) is 9.95. The summed E-state index contributed by atoms with van der Waals surface area (Å²) >= 11 is 0. The normalized spacial score (nSPS) is 21.1. The van der Waals surface area contributed by atoms with E-state index in [0.29, 0.717) is 19.0 Å². The minimum absolute atomic E-state index is 0.00802. The van der Waals surface area contributed by atoms with Crippen LogP contribution in [0.3, 0.4) is 0 Å². The van der Waals surface area contributed by atoms with Crippen LogP contribution in [0.4, 0.5) is 0 Å². The van der Waals surface area contributed by atoms with E-state index in [0.717, 1.165) is 26.2 Å². The van der Waals surface area contributed by atoms with E-state index >= 15 is 0 Å². The summed E-state index contributed by atoms with van der Waals surface area (Å²) < 4.78 is 5.39. The summed E-state index contributed by atoms with van der Waals surface area (Å²) in [6, 6.07) is 0. The van der Waals surface area contributed by atoms with E-state index in [1.807, 2.05) is 11.9 Å². The molecule has 0 aliphatic carbocycles. The number of aliphatic hydroxyl groups is 1. The number of amides is 1. The van der Waals surface area contributed by atoms with Crippen molar-refractivity contribution >= 4 is 5.91 Å². The zero-order chi connectivity index (χ0) is 11.8. The Morgan fingerprint density at radius 2 is 2.44 bits per heavy atom. The summed E-state index contributed by atoms with van der Waals surface area (Å²) in [4.78, 5) is 13.4. The molecule has 0 saturated carbocycles. The second kappa shape index (κ2) is 7.60. The number of carbonyl (C=O) groups is 1. The first-order chi connectivity index (χ1) is 7.72. The Labute approximate surface area is 96.8 Å². The molecule has 1 unspecified atom stereocenters. The van der Waals surface area contributed by atoms with Gasteiger partial charge in [0, 0.05) is 19.7 Å². The quantitative estimate of drug-likeness (QED) is 0.643. The van der Waals surface area contributed by atoms with Crippen molar-refractivity contribution in [3.63, 3.8) is 0 Å². The van der Waals surface area contributed by atoms with E-state index in [2.05, 4.69) is 5.32 Å². The summed E-state index contributed by atoms with van der Waals surface area (Å²) in [6.07, 6.45) is 2.30. The predicted molar refractivity (Wildman–Crippen MR) is 61.1 cm³/mol. The first-order valence-corrected chi connectivity index (χ1v) is 5.86. The van der Waals surface area contributed by atoms with Crippen molar-refractivity contribution in [2.75, 3.05) is 46.5 Å². The van der Waals surface area contributed by atoms with E-state index < -0.39 is 0 Å². The van der Waals surface area contributed by atoms with E-state index in [1.165, 1.54) is 6.42 Å². The highest BCUT2D eigenvalue weighted by molar-refractivity contribution is 5.77. The molecule has 1 aliphatic heterocycles. The molecular formula is C11H22N2O3. The van der Waals surface area contributed by atoms with Gasteiger partial charge in [0.05, 0.1) is 19.8 Å². The first kappa shape index (κ1) is 13.4. The second-order valence-electron chi connectivity index (χ2n) is 4.35. The van der Waals surface area contributed by atoms with Crippen LogP contribution in [0.25, 0.3) is 0 Å². The summed E-state index contributed by atoms with van der Waals surface area (Å²) in [5, 5.41) is 11.2. The highest BCUT2D eigenvalue weighted by Crippen LogP contribution is 2.13. The summed E-state index contributed by atoms with van der Waals surface area (Å²) in [7, 11) is 1.94. The summed E-state index contributed by atoms with van der Waals surface area (Å²) in [5.41, 5.74) is 0. The number of aliphatic hydroxyl groups excluding tert-OH is 1. The topological polar surface area (TPSA) is 61.8 Å². The molecule has 1 saturated heterocycles. The lowest BCUT2D eigenvalue weighted by molar-refractivity contribution is -0.122. The number of rotatable bonds is 6.